The molecule has 1 aliphatic rings. The van der Waals surface area contributed by atoms with E-state index in [-0.39, 0.29) is 12.1 Å². The summed E-state index contributed by atoms with van der Waals surface area (Å²) in [6, 6.07) is 18.8. The van der Waals surface area contributed by atoms with Crippen molar-refractivity contribution in [1.82, 2.24) is 5.32 Å². The van der Waals surface area contributed by atoms with Gasteiger partial charge in [0, 0.05) is 12.6 Å². The molecule has 2 atom stereocenters. The zero-order chi connectivity index (χ0) is 12.4. The minimum atomic E-state index is -0.325. The van der Waals surface area contributed by atoms with Crippen molar-refractivity contribution in [2.24, 2.45) is 0 Å². The van der Waals surface area contributed by atoms with E-state index in [1.54, 1.807) is 0 Å². The maximum absolute atomic E-state index is 10.0. The highest BCUT2D eigenvalue weighted by atomic mass is 16.3. The van der Waals surface area contributed by atoms with Crippen LogP contribution < -0.4 is 5.32 Å². The molecule has 18 heavy (non-hydrogen) atoms. The lowest BCUT2D eigenvalue weighted by Crippen LogP contribution is -2.18. The summed E-state index contributed by atoms with van der Waals surface area (Å²) in [5, 5.41) is 13.5. The number of nitrogens with one attached hydrogen (secondary N) is 1. The van der Waals surface area contributed by atoms with Crippen LogP contribution in [-0.2, 0) is 6.54 Å². The first-order valence-corrected chi connectivity index (χ1v) is 6.39. The normalized spacial score (nSPS) is 21.8. The number of benzene rings is 2. The van der Waals surface area contributed by atoms with E-state index in [1.165, 1.54) is 11.1 Å². The van der Waals surface area contributed by atoms with E-state index < -0.39 is 0 Å². The average molecular weight is 239 g/mol. The molecule has 2 aromatic carbocycles. The van der Waals surface area contributed by atoms with Crippen LogP contribution in [0.4, 0.5) is 0 Å². The topological polar surface area (TPSA) is 32.3 Å². The first kappa shape index (κ1) is 11.5. The predicted octanol–water partition coefficient (Wildman–Crippen LogP) is 2.95. The van der Waals surface area contributed by atoms with Crippen molar-refractivity contribution in [3.63, 3.8) is 0 Å². The fraction of sp³-hybridized carbons (Fsp3) is 0.250. The lowest BCUT2D eigenvalue weighted by Gasteiger charge is -2.13. The molecule has 3 rings (SSSR count). The number of rotatable bonds is 3. The molecule has 0 aliphatic heterocycles. The van der Waals surface area contributed by atoms with E-state index >= 15 is 0 Å². The van der Waals surface area contributed by atoms with Crippen LogP contribution in [0, 0.1) is 0 Å². The molecule has 2 unspecified atom stereocenters. The summed E-state index contributed by atoms with van der Waals surface area (Å²) in [6.07, 6.45) is 0.445. The Bertz CT molecular complexity index is 524. The molecule has 92 valence electrons. The van der Waals surface area contributed by atoms with E-state index in [2.05, 4.69) is 35.6 Å². The molecule has 2 aromatic rings. The molecular formula is C16H17NO. The zero-order valence-corrected chi connectivity index (χ0v) is 10.2. The summed E-state index contributed by atoms with van der Waals surface area (Å²) in [5.41, 5.74) is 3.58. The summed E-state index contributed by atoms with van der Waals surface area (Å²) in [6.45, 7) is 0.840. The van der Waals surface area contributed by atoms with E-state index in [9.17, 15) is 5.11 Å². The van der Waals surface area contributed by atoms with Gasteiger partial charge in [-0.25, -0.2) is 0 Å². The van der Waals surface area contributed by atoms with Gasteiger partial charge in [0.25, 0.3) is 0 Å². The quantitative estimate of drug-likeness (QED) is 0.863. The van der Waals surface area contributed by atoms with Gasteiger partial charge in [-0.3, -0.25) is 0 Å². The molecule has 0 saturated carbocycles. The van der Waals surface area contributed by atoms with Crippen LogP contribution in [0.25, 0.3) is 0 Å². The Labute approximate surface area is 107 Å². The number of hydrogen-bond acceptors (Lipinski definition) is 2. The van der Waals surface area contributed by atoms with Crippen molar-refractivity contribution in [1.29, 1.82) is 0 Å². The largest absolute Gasteiger partial charge is 0.388 e. The van der Waals surface area contributed by atoms with Crippen molar-refractivity contribution in [2.45, 2.75) is 25.1 Å². The molecule has 0 radical (unpaired) electrons. The van der Waals surface area contributed by atoms with Crippen molar-refractivity contribution in [2.75, 3.05) is 0 Å². The second-order valence-electron chi connectivity index (χ2n) is 4.80. The standard InChI is InChI=1S/C16H17NO/c18-16-10-15(13-8-4-5-9-14(13)16)17-11-12-6-2-1-3-7-12/h1-9,15-18H,10-11H2. The molecule has 0 spiro atoms. The Morgan fingerprint density at radius 1 is 0.944 bits per heavy atom. The van der Waals surface area contributed by atoms with Gasteiger partial charge in [0.05, 0.1) is 6.10 Å². The van der Waals surface area contributed by atoms with Crippen LogP contribution in [0.3, 0.4) is 0 Å². The maximum Gasteiger partial charge on any atom is 0.0811 e. The number of aliphatic hydroxyl groups is 1. The maximum atomic E-state index is 10.0. The van der Waals surface area contributed by atoms with Crippen LogP contribution >= 0.6 is 0 Å². The van der Waals surface area contributed by atoms with Crippen molar-refractivity contribution >= 4 is 0 Å². The highest BCUT2D eigenvalue weighted by Gasteiger charge is 2.28. The van der Waals surface area contributed by atoms with Gasteiger partial charge in [-0.1, -0.05) is 54.6 Å². The van der Waals surface area contributed by atoms with Gasteiger partial charge in [-0.2, -0.15) is 0 Å². The summed E-state index contributed by atoms with van der Waals surface area (Å²) in [4.78, 5) is 0. The second kappa shape index (κ2) is 4.92. The van der Waals surface area contributed by atoms with Gasteiger partial charge in [0.1, 0.15) is 0 Å². The fourth-order valence-corrected chi connectivity index (χ4v) is 2.64. The zero-order valence-electron chi connectivity index (χ0n) is 10.2. The number of fused-ring (bicyclic) bond motifs is 1. The Hall–Kier alpha value is -1.64. The van der Waals surface area contributed by atoms with Gasteiger partial charge < -0.3 is 10.4 Å². The molecule has 0 saturated heterocycles. The predicted molar refractivity (Wildman–Crippen MR) is 72.0 cm³/mol. The van der Waals surface area contributed by atoms with Crippen LogP contribution in [0.2, 0.25) is 0 Å². The molecule has 2 N–H and O–H groups in total. The number of hydrogen-bond donors (Lipinski definition) is 2. The van der Waals surface area contributed by atoms with Crippen molar-refractivity contribution in [3.05, 3.63) is 71.3 Å². The fourth-order valence-electron chi connectivity index (χ4n) is 2.64. The van der Waals surface area contributed by atoms with Crippen LogP contribution in [-0.4, -0.2) is 5.11 Å². The third-order valence-corrected chi connectivity index (χ3v) is 3.58. The molecule has 2 heteroatoms. The van der Waals surface area contributed by atoms with Gasteiger partial charge in [0.15, 0.2) is 0 Å². The van der Waals surface area contributed by atoms with E-state index in [1.807, 2.05) is 24.3 Å². The lowest BCUT2D eigenvalue weighted by molar-refractivity contribution is 0.168. The molecule has 2 nitrogen and oxygen atoms in total. The third kappa shape index (κ3) is 2.17. The Morgan fingerprint density at radius 3 is 2.39 bits per heavy atom. The molecule has 1 aliphatic carbocycles. The lowest BCUT2D eigenvalue weighted by atomic mass is 10.1. The highest BCUT2D eigenvalue weighted by Crippen LogP contribution is 2.38. The Kier molecular flexibility index (Phi) is 3.13. The smallest absolute Gasteiger partial charge is 0.0811 e. The summed E-state index contributed by atoms with van der Waals surface area (Å²) in [7, 11) is 0. The minimum absolute atomic E-state index is 0.261. The molecule has 0 bridgehead atoms. The van der Waals surface area contributed by atoms with Crippen LogP contribution in [0.5, 0.6) is 0 Å². The SMILES string of the molecule is OC1CC(NCc2ccccc2)c2ccccc21. The van der Waals surface area contributed by atoms with Crippen LogP contribution in [0.15, 0.2) is 54.6 Å². The average Bonchev–Trinajstić information content (AvgIpc) is 2.75. The summed E-state index contributed by atoms with van der Waals surface area (Å²) >= 11 is 0. The number of aliphatic hydroxyl groups excluding tert-OH is 1. The molecule has 0 amide bonds. The minimum Gasteiger partial charge on any atom is -0.388 e. The highest BCUT2D eigenvalue weighted by molar-refractivity contribution is 5.36. The van der Waals surface area contributed by atoms with E-state index in [0.717, 1.165) is 18.5 Å². The van der Waals surface area contributed by atoms with E-state index in [0.29, 0.717) is 0 Å². The van der Waals surface area contributed by atoms with Crippen molar-refractivity contribution in [3.8, 4) is 0 Å². The van der Waals surface area contributed by atoms with Gasteiger partial charge in [0.2, 0.25) is 0 Å². The Morgan fingerprint density at radius 2 is 1.61 bits per heavy atom. The Balaban J connectivity index is 1.72. The van der Waals surface area contributed by atoms with E-state index in [4.69, 9.17) is 0 Å². The molecule has 0 aromatic heterocycles. The monoisotopic (exact) mass is 239 g/mol. The van der Waals surface area contributed by atoms with Crippen molar-refractivity contribution < 1.29 is 5.11 Å². The van der Waals surface area contributed by atoms with Gasteiger partial charge in [-0.05, 0) is 23.1 Å². The van der Waals surface area contributed by atoms with Crippen LogP contribution in [0.1, 0.15) is 35.3 Å². The third-order valence-electron chi connectivity index (χ3n) is 3.58. The molecular weight excluding hydrogens is 222 g/mol. The molecule has 0 heterocycles. The summed E-state index contributed by atoms with van der Waals surface area (Å²) in [5.74, 6) is 0. The van der Waals surface area contributed by atoms with Gasteiger partial charge in [-0.15, -0.1) is 0 Å². The second-order valence-corrected chi connectivity index (χ2v) is 4.80. The first-order chi connectivity index (χ1) is 8.84. The first-order valence-electron chi connectivity index (χ1n) is 6.39. The molecule has 0 fully saturated rings. The van der Waals surface area contributed by atoms with Gasteiger partial charge >= 0.3 is 0 Å². The summed E-state index contributed by atoms with van der Waals surface area (Å²) < 4.78 is 0.